The number of phenolic OH excluding ortho intramolecular Hbond substituents is 1. The molecule has 1 aromatic carbocycles. The van der Waals surface area contributed by atoms with Gasteiger partial charge >= 0.3 is 0 Å². The molecule has 0 aliphatic heterocycles. The molecule has 1 saturated carbocycles. The Kier molecular flexibility index (Phi) is 5.23. The molecule has 1 aromatic rings. The first-order valence-electron chi connectivity index (χ1n) is 7.35. The van der Waals surface area contributed by atoms with Crippen molar-refractivity contribution in [1.29, 1.82) is 0 Å². The van der Waals surface area contributed by atoms with E-state index in [1.54, 1.807) is 12.1 Å². The number of nitrogens with one attached hydrogen (secondary N) is 1. The molecular weight excluding hydrogens is 238 g/mol. The lowest BCUT2D eigenvalue weighted by Crippen LogP contribution is -2.39. The molecule has 0 aromatic heterocycles. The van der Waals surface area contributed by atoms with Gasteiger partial charge in [0.15, 0.2) is 0 Å². The second-order valence-electron chi connectivity index (χ2n) is 5.72. The van der Waals surface area contributed by atoms with Gasteiger partial charge in [0.05, 0.1) is 0 Å². The van der Waals surface area contributed by atoms with Crippen LogP contribution in [-0.2, 0) is 0 Å². The van der Waals surface area contributed by atoms with Crippen LogP contribution in [0.25, 0.3) is 0 Å². The van der Waals surface area contributed by atoms with Crippen LogP contribution in [0.5, 0.6) is 5.75 Å². The summed E-state index contributed by atoms with van der Waals surface area (Å²) in [6.07, 6.45) is 5.63. The van der Waals surface area contributed by atoms with Crippen molar-refractivity contribution in [3.05, 3.63) is 29.8 Å². The molecule has 19 heavy (non-hydrogen) atoms. The number of phenols is 1. The minimum absolute atomic E-state index is 0.261. The highest BCUT2D eigenvalue weighted by atomic mass is 16.3. The standard InChI is InChI=1S/C16H25NO2/c1-12(10-11-18)17-15-6-2-13(3-7-15)14-4-8-16(19)9-5-14/h4-5,8-9,12-13,15,17-19H,2-3,6-7,10-11H2,1H3. The Balaban J connectivity index is 1.80. The maximum Gasteiger partial charge on any atom is 0.115 e. The van der Waals surface area contributed by atoms with E-state index < -0.39 is 0 Å². The normalized spacial score (nSPS) is 25.2. The molecule has 1 fully saturated rings. The van der Waals surface area contributed by atoms with Crippen molar-refractivity contribution in [3.63, 3.8) is 0 Å². The van der Waals surface area contributed by atoms with Gasteiger partial charge in [0.1, 0.15) is 5.75 Å². The van der Waals surface area contributed by atoms with Gasteiger partial charge in [0.2, 0.25) is 0 Å². The number of rotatable bonds is 5. The highest BCUT2D eigenvalue weighted by molar-refractivity contribution is 5.28. The smallest absolute Gasteiger partial charge is 0.115 e. The molecule has 1 unspecified atom stereocenters. The summed E-state index contributed by atoms with van der Waals surface area (Å²) >= 11 is 0. The fraction of sp³-hybridized carbons (Fsp3) is 0.625. The van der Waals surface area contributed by atoms with Gasteiger partial charge < -0.3 is 15.5 Å². The van der Waals surface area contributed by atoms with Crippen LogP contribution >= 0.6 is 0 Å². The number of benzene rings is 1. The number of aromatic hydroxyl groups is 1. The van der Waals surface area contributed by atoms with E-state index in [2.05, 4.69) is 12.2 Å². The van der Waals surface area contributed by atoms with Gasteiger partial charge in [-0.2, -0.15) is 0 Å². The van der Waals surface area contributed by atoms with Crippen molar-refractivity contribution >= 4 is 0 Å². The first-order valence-corrected chi connectivity index (χ1v) is 7.35. The summed E-state index contributed by atoms with van der Waals surface area (Å²) in [7, 11) is 0. The Bertz CT molecular complexity index is 369. The highest BCUT2D eigenvalue weighted by Crippen LogP contribution is 2.33. The van der Waals surface area contributed by atoms with E-state index in [1.807, 2.05) is 12.1 Å². The molecule has 0 saturated heterocycles. The van der Waals surface area contributed by atoms with Crippen molar-refractivity contribution in [2.75, 3.05) is 6.61 Å². The van der Waals surface area contributed by atoms with Crippen LogP contribution in [-0.4, -0.2) is 28.9 Å². The fourth-order valence-electron chi connectivity index (χ4n) is 3.02. The van der Waals surface area contributed by atoms with Crippen LogP contribution in [0.2, 0.25) is 0 Å². The van der Waals surface area contributed by atoms with E-state index in [1.165, 1.54) is 31.2 Å². The van der Waals surface area contributed by atoms with Crippen molar-refractivity contribution in [2.45, 2.75) is 57.0 Å². The number of aliphatic hydroxyl groups excluding tert-OH is 1. The van der Waals surface area contributed by atoms with Gasteiger partial charge in [0.25, 0.3) is 0 Å². The molecule has 0 heterocycles. The summed E-state index contributed by atoms with van der Waals surface area (Å²) in [5.74, 6) is 0.976. The first kappa shape index (κ1) is 14.4. The average Bonchev–Trinajstić information content (AvgIpc) is 2.41. The van der Waals surface area contributed by atoms with Gasteiger partial charge in [-0.1, -0.05) is 12.1 Å². The van der Waals surface area contributed by atoms with E-state index in [-0.39, 0.29) is 6.61 Å². The molecule has 0 bridgehead atoms. The van der Waals surface area contributed by atoms with Crippen molar-refractivity contribution in [3.8, 4) is 5.75 Å². The second kappa shape index (κ2) is 6.92. The maximum absolute atomic E-state index is 9.32. The Morgan fingerprint density at radius 3 is 2.37 bits per heavy atom. The molecule has 0 spiro atoms. The molecule has 1 aliphatic carbocycles. The molecule has 1 atom stereocenters. The number of aliphatic hydroxyl groups is 1. The van der Waals surface area contributed by atoms with Crippen LogP contribution in [0.3, 0.4) is 0 Å². The van der Waals surface area contributed by atoms with Gasteiger partial charge in [-0.15, -0.1) is 0 Å². The van der Waals surface area contributed by atoms with Crippen molar-refractivity contribution in [1.82, 2.24) is 5.32 Å². The van der Waals surface area contributed by atoms with Crippen LogP contribution in [0.15, 0.2) is 24.3 Å². The molecule has 0 amide bonds. The zero-order chi connectivity index (χ0) is 13.7. The predicted molar refractivity (Wildman–Crippen MR) is 77.4 cm³/mol. The third-order valence-electron chi connectivity index (χ3n) is 4.17. The molecule has 0 radical (unpaired) electrons. The van der Waals surface area contributed by atoms with E-state index >= 15 is 0 Å². The zero-order valence-corrected chi connectivity index (χ0v) is 11.7. The fourth-order valence-corrected chi connectivity index (χ4v) is 3.02. The molecule has 2 rings (SSSR count). The Hall–Kier alpha value is -1.06. The summed E-state index contributed by atoms with van der Waals surface area (Å²) in [5.41, 5.74) is 1.35. The molecule has 3 heteroatoms. The Morgan fingerprint density at radius 1 is 1.16 bits per heavy atom. The lowest BCUT2D eigenvalue weighted by molar-refractivity contribution is 0.250. The first-order chi connectivity index (χ1) is 9.19. The molecule has 1 aliphatic rings. The Labute approximate surface area is 115 Å². The second-order valence-corrected chi connectivity index (χ2v) is 5.72. The third-order valence-corrected chi connectivity index (χ3v) is 4.17. The van der Waals surface area contributed by atoms with E-state index in [9.17, 15) is 5.11 Å². The highest BCUT2D eigenvalue weighted by Gasteiger charge is 2.22. The SMILES string of the molecule is CC(CCO)NC1CCC(c2ccc(O)cc2)CC1. The van der Waals surface area contributed by atoms with Crippen LogP contribution in [0, 0.1) is 0 Å². The van der Waals surface area contributed by atoms with Gasteiger partial charge in [-0.25, -0.2) is 0 Å². The lowest BCUT2D eigenvalue weighted by Gasteiger charge is -2.31. The van der Waals surface area contributed by atoms with Gasteiger partial charge in [0, 0.05) is 18.7 Å². The average molecular weight is 263 g/mol. The third kappa shape index (κ3) is 4.22. The minimum atomic E-state index is 0.261. The summed E-state index contributed by atoms with van der Waals surface area (Å²) in [6, 6.07) is 8.64. The monoisotopic (exact) mass is 263 g/mol. The van der Waals surface area contributed by atoms with Crippen molar-refractivity contribution < 1.29 is 10.2 Å². The summed E-state index contributed by atoms with van der Waals surface area (Å²) in [6.45, 7) is 2.40. The van der Waals surface area contributed by atoms with Crippen LogP contribution in [0.4, 0.5) is 0 Å². The van der Waals surface area contributed by atoms with Gasteiger partial charge in [-0.3, -0.25) is 0 Å². The Morgan fingerprint density at radius 2 is 1.79 bits per heavy atom. The summed E-state index contributed by atoms with van der Waals surface area (Å²) in [5, 5.41) is 21.8. The zero-order valence-electron chi connectivity index (χ0n) is 11.7. The topological polar surface area (TPSA) is 52.5 Å². The van der Waals surface area contributed by atoms with E-state index in [0.29, 0.717) is 23.8 Å². The lowest BCUT2D eigenvalue weighted by atomic mass is 9.81. The summed E-state index contributed by atoms with van der Waals surface area (Å²) < 4.78 is 0. The van der Waals surface area contributed by atoms with E-state index in [0.717, 1.165) is 6.42 Å². The van der Waals surface area contributed by atoms with Crippen molar-refractivity contribution in [2.24, 2.45) is 0 Å². The molecule has 106 valence electrons. The van der Waals surface area contributed by atoms with Gasteiger partial charge in [-0.05, 0) is 62.6 Å². The molecular formula is C16H25NO2. The molecule has 3 nitrogen and oxygen atoms in total. The van der Waals surface area contributed by atoms with E-state index in [4.69, 9.17) is 5.11 Å². The number of hydrogen-bond acceptors (Lipinski definition) is 3. The predicted octanol–water partition coefficient (Wildman–Crippen LogP) is 2.78. The summed E-state index contributed by atoms with van der Waals surface area (Å²) in [4.78, 5) is 0. The van der Waals surface area contributed by atoms with Crippen LogP contribution in [0.1, 0.15) is 50.5 Å². The molecule has 3 N–H and O–H groups in total. The van der Waals surface area contributed by atoms with Crippen LogP contribution < -0.4 is 5.32 Å². The maximum atomic E-state index is 9.32. The minimum Gasteiger partial charge on any atom is -0.508 e. The quantitative estimate of drug-likeness (QED) is 0.765. The largest absolute Gasteiger partial charge is 0.508 e. The number of hydrogen-bond donors (Lipinski definition) is 3.